The normalized spacial score (nSPS) is 10.1. The van der Waals surface area contributed by atoms with Gasteiger partial charge in [-0.25, -0.2) is 4.79 Å². The number of hydrogen-bond donors (Lipinski definition) is 1. The summed E-state index contributed by atoms with van der Waals surface area (Å²) in [7, 11) is 0. The average molecular weight is 308 g/mol. The number of carbonyl (C=O) groups is 1. The zero-order valence-corrected chi connectivity index (χ0v) is 11.4. The molecule has 0 radical (unpaired) electrons. The van der Waals surface area contributed by atoms with Gasteiger partial charge in [0.15, 0.2) is 0 Å². The predicted molar refractivity (Wildman–Crippen MR) is 75.8 cm³/mol. The molecule has 0 bridgehead atoms. The van der Waals surface area contributed by atoms with Gasteiger partial charge in [0.1, 0.15) is 12.4 Å². The zero-order chi connectivity index (χ0) is 15.4. The number of carboxylic acid groups (broad SMARTS) is 1. The number of para-hydroxylation sites is 1. The Morgan fingerprint density at radius 3 is 2.62 bits per heavy atom. The fourth-order valence-corrected chi connectivity index (χ4v) is 1.95. The van der Waals surface area contributed by atoms with Crippen molar-refractivity contribution in [1.82, 2.24) is 0 Å². The number of ether oxygens (including phenoxy) is 1. The van der Waals surface area contributed by atoms with Gasteiger partial charge in [-0.15, -0.1) is 0 Å². The molecule has 0 aliphatic heterocycles. The highest BCUT2D eigenvalue weighted by Crippen LogP contribution is 2.27. The highest BCUT2D eigenvalue weighted by atomic mass is 35.5. The maximum Gasteiger partial charge on any atom is 0.335 e. The molecule has 0 aromatic heterocycles. The zero-order valence-electron chi connectivity index (χ0n) is 10.7. The van der Waals surface area contributed by atoms with Crippen LogP contribution in [-0.4, -0.2) is 16.0 Å². The summed E-state index contributed by atoms with van der Waals surface area (Å²) in [5.74, 6) is -0.832. The number of benzene rings is 2. The van der Waals surface area contributed by atoms with E-state index in [0.29, 0.717) is 5.56 Å². The Hall–Kier alpha value is -2.60. The van der Waals surface area contributed by atoms with Gasteiger partial charge in [0.05, 0.1) is 21.1 Å². The summed E-state index contributed by atoms with van der Waals surface area (Å²) < 4.78 is 5.42. The molecule has 0 aliphatic rings. The molecule has 0 unspecified atom stereocenters. The van der Waals surface area contributed by atoms with Crippen molar-refractivity contribution in [3.63, 3.8) is 0 Å². The van der Waals surface area contributed by atoms with Crippen LogP contribution in [0.2, 0.25) is 5.02 Å². The predicted octanol–water partition coefficient (Wildman–Crippen LogP) is 3.53. The van der Waals surface area contributed by atoms with Gasteiger partial charge in [-0.3, -0.25) is 10.1 Å². The van der Waals surface area contributed by atoms with E-state index in [-0.39, 0.29) is 28.6 Å². The first-order valence-corrected chi connectivity index (χ1v) is 6.25. The lowest BCUT2D eigenvalue weighted by molar-refractivity contribution is -0.385. The van der Waals surface area contributed by atoms with Crippen LogP contribution in [0.15, 0.2) is 42.5 Å². The minimum atomic E-state index is -1.10. The Labute approximate surface area is 124 Å². The van der Waals surface area contributed by atoms with Gasteiger partial charge >= 0.3 is 5.97 Å². The first-order chi connectivity index (χ1) is 9.99. The molecule has 0 fully saturated rings. The van der Waals surface area contributed by atoms with Crippen molar-refractivity contribution in [1.29, 1.82) is 0 Å². The van der Waals surface area contributed by atoms with E-state index in [0.717, 1.165) is 0 Å². The average Bonchev–Trinajstić information content (AvgIpc) is 2.46. The van der Waals surface area contributed by atoms with Crippen molar-refractivity contribution in [2.75, 3.05) is 0 Å². The van der Waals surface area contributed by atoms with Crippen molar-refractivity contribution < 1.29 is 19.6 Å². The fourth-order valence-electron chi connectivity index (χ4n) is 1.72. The third kappa shape index (κ3) is 3.49. The van der Waals surface area contributed by atoms with E-state index in [2.05, 4.69) is 0 Å². The summed E-state index contributed by atoms with van der Waals surface area (Å²) in [6.45, 7) is -0.0384. The van der Waals surface area contributed by atoms with Crippen molar-refractivity contribution in [3.05, 3.63) is 68.7 Å². The molecule has 1 N–H and O–H groups in total. The van der Waals surface area contributed by atoms with E-state index in [1.807, 2.05) is 0 Å². The summed E-state index contributed by atoms with van der Waals surface area (Å²) in [4.78, 5) is 21.2. The van der Waals surface area contributed by atoms with Gasteiger partial charge in [0, 0.05) is 6.07 Å². The number of nitro benzene ring substituents is 1. The molecule has 2 rings (SSSR count). The second kappa shape index (κ2) is 6.23. The Balaban J connectivity index is 2.17. The van der Waals surface area contributed by atoms with Crippen molar-refractivity contribution in [3.8, 4) is 5.75 Å². The molecule has 0 saturated carbocycles. The molecule has 21 heavy (non-hydrogen) atoms. The molecule has 6 nitrogen and oxygen atoms in total. The lowest BCUT2D eigenvalue weighted by atomic mass is 10.2. The van der Waals surface area contributed by atoms with Crippen LogP contribution >= 0.6 is 11.6 Å². The largest absolute Gasteiger partial charge is 0.487 e. The maximum atomic E-state index is 10.9. The van der Waals surface area contributed by atoms with Crippen LogP contribution in [-0.2, 0) is 6.61 Å². The van der Waals surface area contributed by atoms with Gasteiger partial charge in [0.2, 0.25) is 0 Å². The van der Waals surface area contributed by atoms with Gasteiger partial charge in [0.25, 0.3) is 5.69 Å². The molecule has 108 valence electrons. The number of rotatable bonds is 5. The van der Waals surface area contributed by atoms with Crippen LogP contribution < -0.4 is 4.74 Å². The summed E-state index contributed by atoms with van der Waals surface area (Å²) in [6, 6.07) is 10.2. The highest BCUT2D eigenvalue weighted by Gasteiger charge is 2.14. The van der Waals surface area contributed by atoms with Crippen LogP contribution in [0.25, 0.3) is 0 Å². The maximum absolute atomic E-state index is 10.9. The molecule has 0 atom stereocenters. The van der Waals surface area contributed by atoms with Crippen LogP contribution in [0.4, 0.5) is 5.69 Å². The summed E-state index contributed by atoms with van der Waals surface area (Å²) >= 11 is 5.92. The molecule has 0 heterocycles. The van der Waals surface area contributed by atoms with Gasteiger partial charge < -0.3 is 9.84 Å². The van der Waals surface area contributed by atoms with E-state index in [1.165, 1.54) is 24.3 Å². The number of carboxylic acids is 1. The Morgan fingerprint density at radius 1 is 1.29 bits per heavy atom. The molecule has 0 amide bonds. The molecule has 0 spiro atoms. The van der Waals surface area contributed by atoms with E-state index < -0.39 is 10.9 Å². The molecule has 0 aliphatic carbocycles. The Bertz CT molecular complexity index is 702. The number of hydrogen-bond acceptors (Lipinski definition) is 4. The lowest BCUT2D eigenvalue weighted by Crippen LogP contribution is -2.01. The molecule has 7 heteroatoms. The summed E-state index contributed by atoms with van der Waals surface area (Å²) in [5.41, 5.74) is 0.398. The molecule has 0 saturated heterocycles. The Kier molecular flexibility index (Phi) is 4.39. The third-order valence-electron chi connectivity index (χ3n) is 2.75. The van der Waals surface area contributed by atoms with E-state index in [4.69, 9.17) is 21.4 Å². The highest BCUT2D eigenvalue weighted by molar-refractivity contribution is 6.32. The number of nitro groups is 1. The van der Waals surface area contributed by atoms with E-state index in [9.17, 15) is 14.9 Å². The minimum Gasteiger partial charge on any atom is -0.487 e. The monoisotopic (exact) mass is 307 g/mol. The number of nitrogens with zero attached hydrogens (tertiary/aromatic N) is 1. The molecule has 2 aromatic rings. The topological polar surface area (TPSA) is 89.7 Å². The van der Waals surface area contributed by atoms with Crippen LogP contribution in [0, 0.1) is 10.1 Å². The summed E-state index contributed by atoms with van der Waals surface area (Å²) in [5, 5.41) is 19.8. The minimum absolute atomic E-state index is 0.0384. The molecular weight excluding hydrogens is 298 g/mol. The quantitative estimate of drug-likeness (QED) is 0.674. The van der Waals surface area contributed by atoms with Gasteiger partial charge in [-0.1, -0.05) is 23.7 Å². The molecule has 2 aromatic carbocycles. The van der Waals surface area contributed by atoms with Gasteiger partial charge in [-0.05, 0) is 24.3 Å². The van der Waals surface area contributed by atoms with Gasteiger partial charge in [-0.2, -0.15) is 0 Å². The first kappa shape index (κ1) is 14.8. The molecular formula is C14H10ClNO5. The lowest BCUT2D eigenvalue weighted by Gasteiger charge is -2.09. The second-order valence-electron chi connectivity index (χ2n) is 4.12. The second-order valence-corrected chi connectivity index (χ2v) is 4.53. The van der Waals surface area contributed by atoms with E-state index in [1.54, 1.807) is 18.2 Å². The summed E-state index contributed by atoms with van der Waals surface area (Å²) in [6.07, 6.45) is 0. The standard InChI is InChI=1S/C14H10ClNO5/c15-11-7-9(14(17)18)5-6-13(11)21-8-10-3-1-2-4-12(10)16(19)20/h1-7H,8H2,(H,17,18). The smallest absolute Gasteiger partial charge is 0.335 e. The van der Waals surface area contributed by atoms with Crippen LogP contribution in [0.5, 0.6) is 5.75 Å². The fraction of sp³-hybridized carbons (Fsp3) is 0.0714. The van der Waals surface area contributed by atoms with Crippen LogP contribution in [0.3, 0.4) is 0 Å². The SMILES string of the molecule is O=C(O)c1ccc(OCc2ccccc2[N+](=O)[O-])c(Cl)c1. The van der Waals surface area contributed by atoms with E-state index >= 15 is 0 Å². The Morgan fingerprint density at radius 2 is 2.00 bits per heavy atom. The number of halogens is 1. The van der Waals surface area contributed by atoms with Crippen molar-refractivity contribution in [2.45, 2.75) is 6.61 Å². The van der Waals surface area contributed by atoms with Crippen molar-refractivity contribution >= 4 is 23.3 Å². The third-order valence-corrected chi connectivity index (χ3v) is 3.05. The first-order valence-electron chi connectivity index (χ1n) is 5.87. The van der Waals surface area contributed by atoms with Crippen LogP contribution in [0.1, 0.15) is 15.9 Å². The van der Waals surface area contributed by atoms with Crippen molar-refractivity contribution in [2.24, 2.45) is 0 Å². The number of aromatic carboxylic acids is 1.